The van der Waals surface area contributed by atoms with Gasteiger partial charge in [-0.2, -0.15) is 0 Å². The normalized spacial score (nSPS) is 14.2. The van der Waals surface area contributed by atoms with Gasteiger partial charge in [0, 0.05) is 36.3 Å². The number of carbonyl (C=O) groups is 1. The minimum Gasteiger partial charge on any atom is -0.356 e. The Morgan fingerprint density at radius 1 is 1.20 bits per heavy atom. The lowest BCUT2D eigenvalue weighted by Gasteiger charge is -2.27. The molecule has 0 bridgehead atoms. The summed E-state index contributed by atoms with van der Waals surface area (Å²) in [6, 6.07) is 6.03. The van der Waals surface area contributed by atoms with Gasteiger partial charge in [0.05, 0.1) is 4.92 Å². The second kappa shape index (κ2) is 7.25. The fraction of sp³-hybridized carbons (Fsp3) is 0.353. The van der Waals surface area contributed by atoms with Crippen LogP contribution < -0.4 is 10.2 Å². The van der Waals surface area contributed by atoms with E-state index in [4.69, 9.17) is 0 Å². The van der Waals surface area contributed by atoms with Gasteiger partial charge in [0.25, 0.3) is 11.6 Å². The highest BCUT2D eigenvalue weighted by atomic mass is 16.6. The standard InChI is InChI=1S/C17H19N5O3/c1-12-9-13(5-6-14(12)22(24)25)17(23)20-15-10-16(19-11-18-15)21-7-3-2-4-8-21/h5-6,9-11H,2-4,7-8H2,1H3,(H,18,19,20,23). The summed E-state index contributed by atoms with van der Waals surface area (Å²) in [5.41, 5.74) is 0.779. The molecule has 2 heterocycles. The van der Waals surface area contributed by atoms with Crippen LogP contribution in [0.4, 0.5) is 17.3 Å². The average Bonchev–Trinajstić information content (AvgIpc) is 2.62. The van der Waals surface area contributed by atoms with E-state index in [2.05, 4.69) is 20.2 Å². The monoisotopic (exact) mass is 341 g/mol. The molecule has 1 aromatic heterocycles. The number of nitrogens with one attached hydrogen (secondary N) is 1. The molecule has 0 aliphatic carbocycles. The Labute approximate surface area is 145 Å². The van der Waals surface area contributed by atoms with E-state index in [1.807, 2.05) is 0 Å². The number of hydrogen-bond donors (Lipinski definition) is 1. The van der Waals surface area contributed by atoms with Crippen LogP contribution >= 0.6 is 0 Å². The third-order valence-electron chi connectivity index (χ3n) is 4.23. The number of benzene rings is 1. The summed E-state index contributed by atoms with van der Waals surface area (Å²) in [5.74, 6) is 0.850. The zero-order chi connectivity index (χ0) is 17.8. The van der Waals surface area contributed by atoms with Crippen molar-refractivity contribution in [3.63, 3.8) is 0 Å². The molecule has 1 aliphatic rings. The highest BCUT2D eigenvalue weighted by Gasteiger charge is 2.16. The smallest absolute Gasteiger partial charge is 0.272 e. The molecule has 1 aliphatic heterocycles. The van der Waals surface area contributed by atoms with E-state index in [1.54, 1.807) is 13.0 Å². The molecule has 25 heavy (non-hydrogen) atoms. The van der Waals surface area contributed by atoms with Crippen LogP contribution in [0.25, 0.3) is 0 Å². The van der Waals surface area contributed by atoms with Crippen molar-refractivity contribution in [2.45, 2.75) is 26.2 Å². The molecular formula is C17H19N5O3. The second-order valence-corrected chi connectivity index (χ2v) is 6.02. The number of nitro groups is 1. The number of carbonyl (C=O) groups excluding carboxylic acids is 1. The highest BCUT2D eigenvalue weighted by molar-refractivity contribution is 6.04. The Morgan fingerprint density at radius 2 is 1.96 bits per heavy atom. The molecule has 8 heteroatoms. The van der Waals surface area contributed by atoms with Gasteiger partial charge in [-0.05, 0) is 38.3 Å². The van der Waals surface area contributed by atoms with Crippen molar-refractivity contribution in [3.05, 3.63) is 51.8 Å². The zero-order valence-corrected chi connectivity index (χ0v) is 13.9. The summed E-state index contributed by atoms with van der Waals surface area (Å²) >= 11 is 0. The maximum absolute atomic E-state index is 12.4. The van der Waals surface area contributed by atoms with E-state index in [0.717, 1.165) is 31.7 Å². The van der Waals surface area contributed by atoms with Gasteiger partial charge in [0.15, 0.2) is 0 Å². The number of amides is 1. The van der Waals surface area contributed by atoms with Crippen LogP contribution in [0.15, 0.2) is 30.6 Å². The van der Waals surface area contributed by atoms with Gasteiger partial charge in [-0.1, -0.05) is 0 Å². The Balaban J connectivity index is 1.74. The van der Waals surface area contributed by atoms with Crippen LogP contribution in [0.1, 0.15) is 35.2 Å². The summed E-state index contributed by atoms with van der Waals surface area (Å²) in [6.45, 7) is 3.51. The van der Waals surface area contributed by atoms with E-state index < -0.39 is 4.92 Å². The minimum absolute atomic E-state index is 0.00836. The van der Waals surface area contributed by atoms with Gasteiger partial charge in [-0.15, -0.1) is 0 Å². The number of aromatic nitrogens is 2. The average molecular weight is 341 g/mol. The molecule has 8 nitrogen and oxygen atoms in total. The molecule has 1 aromatic carbocycles. The number of nitro benzene ring substituents is 1. The van der Waals surface area contributed by atoms with Crippen LogP contribution in [0.2, 0.25) is 0 Å². The van der Waals surface area contributed by atoms with Gasteiger partial charge in [0.2, 0.25) is 0 Å². The van der Waals surface area contributed by atoms with E-state index in [1.165, 1.54) is 30.9 Å². The van der Waals surface area contributed by atoms with Gasteiger partial charge in [0.1, 0.15) is 18.0 Å². The van der Waals surface area contributed by atoms with Gasteiger partial charge in [-0.25, -0.2) is 9.97 Å². The molecule has 130 valence electrons. The maximum atomic E-state index is 12.4. The van der Waals surface area contributed by atoms with E-state index in [0.29, 0.717) is 16.9 Å². The topological polar surface area (TPSA) is 101 Å². The summed E-state index contributed by atoms with van der Waals surface area (Å²) in [6.07, 6.45) is 4.92. The molecule has 0 saturated carbocycles. The molecule has 3 rings (SSSR count). The molecule has 2 aromatic rings. The molecular weight excluding hydrogens is 322 g/mol. The molecule has 0 radical (unpaired) electrons. The molecule has 1 fully saturated rings. The number of anilines is 2. The molecule has 1 amide bonds. The maximum Gasteiger partial charge on any atom is 0.272 e. The predicted molar refractivity (Wildman–Crippen MR) is 93.9 cm³/mol. The fourth-order valence-electron chi connectivity index (χ4n) is 2.90. The van der Waals surface area contributed by atoms with Gasteiger partial charge in [-0.3, -0.25) is 14.9 Å². The van der Waals surface area contributed by atoms with Crippen molar-refractivity contribution in [1.82, 2.24) is 9.97 Å². The molecule has 1 N–H and O–H groups in total. The first-order valence-corrected chi connectivity index (χ1v) is 8.18. The van der Waals surface area contributed by atoms with Crippen LogP contribution in [0.5, 0.6) is 0 Å². The SMILES string of the molecule is Cc1cc(C(=O)Nc2cc(N3CCCCC3)ncn2)ccc1[N+](=O)[O-]. The first-order chi connectivity index (χ1) is 12.0. The Morgan fingerprint density at radius 3 is 2.64 bits per heavy atom. The first kappa shape index (κ1) is 16.8. The molecule has 1 saturated heterocycles. The number of nitrogens with zero attached hydrogens (tertiary/aromatic N) is 4. The lowest BCUT2D eigenvalue weighted by atomic mass is 10.1. The number of aryl methyl sites for hydroxylation is 1. The van der Waals surface area contributed by atoms with Crippen molar-refractivity contribution in [3.8, 4) is 0 Å². The summed E-state index contributed by atoms with van der Waals surface area (Å²) in [7, 11) is 0. The van der Waals surface area contributed by atoms with Crippen molar-refractivity contribution < 1.29 is 9.72 Å². The molecule has 0 atom stereocenters. The fourth-order valence-corrected chi connectivity index (χ4v) is 2.90. The third kappa shape index (κ3) is 3.90. The highest BCUT2D eigenvalue weighted by Crippen LogP contribution is 2.21. The molecule has 0 unspecified atom stereocenters. The van der Waals surface area contributed by atoms with Crippen molar-refractivity contribution in [1.29, 1.82) is 0 Å². The Bertz CT molecular complexity index is 803. The summed E-state index contributed by atoms with van der Waals surface area (Å²) in [5, 5.41) is 13.6. The first-order valence-electron chi connectivity index (χ1n) is 8.18. The Hall–Kier alpha value is -3.03. The lowest BCUT2D eigenvalue weighted by molar-refractivity contribution is -0.385. The van der Waals surface area contributed by atoms with Gasteiger partial charge < -0.3 is 10.2 Å². The van der Waals surface area contributed by atoms with E-state index in [9.17, 15) is 14.9 Å². The quantitative estimate of drug-likeness (QED) is 0.678. The number of hydrogen-bond acceptors (Lipinski definition) is 6. The number of rotatable bonds is 4. The zero-order valence-electron chi connectivity index (χ0n) is 13.9. The van der Waals surface area contributed by atoms with E-state index >= 15 is 0 Å². The Kier molecular flexibility index (Phi) is 4.87. The van der Waals surface area contributed by atoms with Crippen LogP contribution in [-0.4, -0.2) is 33.9 Å². The summed E-state index contributed by atoms with van der Waals surface area (Å²) in [4.78, 5) is 33.3. The molecule has 0 spiro atoms. The van der Waals surface area contributed by atoms with Crippen LogP contribution in [-0.2, 0) is 0 Å². The van der Waals surface area contributed by atoms with Crippen LogP contribution in [0, 0.1) is 17.0 Å². The van der Waals surface area contributed by atoms with Crippen LogP contribution in [0.3, 0.4) is 0 Å². The number of piperidine rings is 1. The largest absolute Gasteiger partial charge is 0.356 e. The van der Waals surface area contributed by atoms with Gasteiger partial charge >= 0.3 is 0 Å². The predicted octanol–water partition coefficient (Wildman–Crippen LogP) is 2.94. The second-order valence-electron chi connectivity index (χ2n) is 6.02. The third-order valence-corrected chi connectivity index (χ3v) is 4.23. The van der Waals surface area contributed by atoms with Crippen molar-refractivity contribution in [2.75, 3.05) is 23.3 Å². The van der Waals surface area contributed by atoms with Crippen molar-refractivity contribution >= 4 is 23.2 Å². The van der Waals surface area contributed by atoms with Crippen molar-refractivity contribution in [2.24, 2.45) is 0 Å². The van der Waals surface area contributed by atoms with E-state index in [-0.39, 0.29) is 11.6 Å². The summed E-state index contributed by atoms with van der Waals surface area (Å²) < 4.78 is 0. The minimum atomic E-state index is -0.466. The lowest BCUT2D eigenvalue weighted by Crippen LogP contribution is -2.30.